The molecule has 1 N–H and O–H groups in total. The van der Waals surface area contributed by atoms with Gasteiger partial charge < -0.3 is 4.89 Å². The molecule has 0 rings (SSSR count). The van der Waals surface area contributed by atoms with Crippen molar-refractivity contribution in [3.8, 4) is 0 Å². The van der Waals surface area contributed by atoms with Crippen LogP contribution in [0.3, 0.4) is 0 Å². The molecule has 0 fully saturated rings. The van der Waals surface area contributed by atoms with Crippen LogP contribution >= 0.6 is 16.5 Å². The van der Waals surface area contributed by atoms with Crippen LogP contribution in [0.25, 0.3) is 0 Å². The van der Waals surface area contributed by atoms with Crippen LogP contribution in [0.2, 0.25) is 0 Å². The molecule has 11 heavy (non-hydrogen) atoms. The summed E-state index contributed by atoms with van der Waals surface area (Å²) in [6, 6.07) is 0. The van der Waals surface area contributed by atoms with Crippen molar-refractivity contribution in [2.24, 2.45) is 0 Å². The Hall–Kier alpha value is -0.0000000000000000416. The first-order valence-corrected chi connectivity index (χ1v) is 4.55. The first-order chi connectivity index (χ1) is 5.16. The molecule has 0 saturated heterocycles. The van der Waals surface area contributed by atoms with Crippen LogP contribution in [0.1, 0.15) is 0 Å². The van der Waals surface area contributed by atoms with E-state index in [4.69, 9.17) is 5.26 Å². The molecule has 2 atom stereocenters. The van der Waals surface area contributed by atoms with Gasteiger partial charge in [0, 0.05) is 4.57 Å². The van der Waals surface area contributed by atoms with Gasteiger partial charge in [0.2, 0.25) is 0 Å². The summed E-state index contributed by atoms with van der Waals surface area (Å²) in [7, 11) is -5.49. The van der Waals surface area contributed by atoms with E-state index in [9.17, 15) is 14.0 Å². The van der Waals surface area contributed by atoms with Gasteiger partial charge in [-0.25, -0.2) is 5.26 Å². The molecule has 0 bridgehead atoms. The molecule has 7 nitrogen and oxygen atoms in total. The van der Waals surface area contributed by atoms with Crippen molar-refractivity contribution in [1.82, 2.24) is 0 Å². The largest absolute Gasteiger partial charge is 0.728 e. The third kappa shape index (κ3) is 7.90. The summed E-state index contributed by atoms with van der Waals surface area (Å²) in [6.45, 7) is -0.498. The molecule has 0 spiro atoms. The Morgan fingerprint density at radius 1 is 1.27 bits per heavy atom. The van der Waals surface area contributed by atoms with Gasteiger partial charge in [0.1, 0.15) is 13.2 Å². The molecule has 0 saturated carbocycles. The van der Waals surface area contributed by atoms with Crippen LogP contribution < -0.4 is 4.89 Å². The molecule has 64 valence electrons. The van der Waals surface area contributed by atoms with Crippen molar-refractivity contribution in [2.75, 3.05) is 13.2 Å². The van der Waals surface area contributed by atoms with Crippen LogP contribution in [-0.2, 0) is 22.9 Å². The summed E-state index contributed by atoms with van der Waals surface area (Å²) in [5, 5.41) is 7.67. The zero-order valence-electron chi connectivity index (χ0n) is 5.21. The van der Waals surface area contributed by atoms with Gasteiger partial charge >= 0.3 is 16.5 Å². The van der Waals surface area contributed by atoms with E-state index in [1.165, 1.54) is 0 Å². The Kier molecular flexibility index (Phi) is 6.69. The van der Waals surface area contributed by atoms with Gasteiger partial charge in [-0.15, -0.1) is 9.05 Å². The topological polar surface area (TPSA) is 105 Å². The standard InChI is InChI=1S/C2H4O7P2/c3-9-11(6)8-2-1-7-10(4)5/h1-2H2/p+1. The second kappa shape index (κ2) is 6.69. The van der Waals surface area contributed by atoms with Gasteiger partial charge in [0.25, 0.3) is 0 Å². The Bertz CT molecular complexity index is 145. The lowest BCUT2D eigenvalue weighted by atomic mass is 10.8. The van der Waals surface area contributed by atoms with Crippen molar-refractivity contribution in [1.29, 1.82) is 0 Å². The molecule has 0 amide bonds. The fraction of sp³-hybridized carbons (Fsp3) is 1.00. The van der Waals surface area contributed by atoms with Gasteiger partial charge in [0.15, 0.2) is 0 Å². The molecule has 0 aromatic carbocycles. The van der Waals surface area contributed by atoms with E-state index in [0.29, 0.717) is 0 Å². The molecule has 2 unspecified atom stereocenters. The normalized spacial score (nSPS) is 12.9. The molecular formula is C2H5O7P2+. The Morgan fingerprint density at radius 2 is 1.82 bits per heavy atom. The average molecular weight is 203 g/mol. The number of hydrogen-bond acceptors (Lipinski definition) is 7. The van der Waals surface area contributed by atoms with Crippen molar-refractivity contribution in [3.05, 3.63) is 0 Å². The minimum Gasteiger partial charge on any atom is -0.566 e. The first-order valence-electron chi connectivity index (χ1n) is 2.36. The Morgan fingerprint density at radius 3 is 2.27 bits per heavy atom. The minimum atomic E-state index is -2.91. The number of hydrogen-bond donors (Lipinski definition) is 1. The molecular weight excluding hydrogens is 198 g/mol. The Balaban J connectivity index is 3.14. The predicted octanol–water partition coefficient (Wildman–Crippen LogP) is 0.184. The van der Waals surface area contributed by atoms with Crippen LogP contribution in [0.4, 0.5) is 0 Å². The lowest BCUT2D eigenvalue weighted by Gasteiger charge is -1.86. The second-order valence-electron chi connectivity index (χ2n) is 1.20. The van der Waals surface area contributed by atoms with E-state index >= 15 is 0 Å². The molecule has 9 heteroatoms. The molecule has 0 aliphatic carbocycles. The third-order valence-electron chi connectivity index (χ3n) is 0.543. The maximum Gasteiger partial charge on any atom is 0.728 e. The van der Waals surface area contributed by atoms with Crippen LogP contribution in [-0.4, -0.2) is 18.5 Å². The summed E-state index contributed by atoms with van der Waals surface area (Å²) < 4.78 is 31.2. The summed E-state index contributed by atoms with van der Waals surface area (Å²) in [5.74, 6) is 0. The van der Waals surface area contributed by atoms with E-state index in [2.05, 4.69) is 13.7 Å². The van der Waals surface area contributed by atoms with Crippen molar-refractivity contribution < 1.29 is 33.0 Å². The smallest absolute Gasteiger partial charge is 0.566 e. The summed E-state index contributed by atoms with van der Waals surface area (Å²) in [5.41, 5.74) is 0. The van der Waals surface area contributed by atoms with E-state index < -0.39 is 16.5 Å². The SMILES string of the molecule is O=[P+]([O-])OCCO[P+](=O)OO. The van der Waals surface area contributed by atoms with E-state index in [-0.39, 0.29) is 13.2 Å². The fourth-order valence-electron chi connectivity index (χ4n) is 0.247. The monoisotopic (exact) mass is 203 g/mol. The van der Waals surface area contributed by atoms with E-state index in [0.717, 1.165) is 0 Å². The summed E-state index contributed by atoms with van der Waals surface area (Å²) in [4.78, 5) is 9.72. The maximum atomic E-state index is 10.1. The van der Waals surface area contributed by atoms with Gasteiger partial charge in [-0.05, 0) is 4.57 Å². The third-order valence-corrected chi connectivity index (χ3v) is 1.46. The highest BCUT2D eigenvalue weighted by atomic mass is 31.1. The molecule has 0 heterocycles. The van der Waals surface area contributed by atoms with E-state index in [1.54, 1.807) is 0 Å². The summed E-state index contributed by atoms with van der Waals surface area (Å²) in [6.07, 6.45) is 0. The number of rotatable bonds is 6. The predicted molar refractivity (Wildman–Crippen MR) is 30.8 cm³/mol. The molecule has 0 aromatic heterocycles. The zero-order chi connectivity index (χ0) is 8.69. The molecule has 0 aliphatic heterocycles. The maximum absolute atomic E-state index is 10.1. The van der Waals surface area contributed by atoms with Crippen LogP contribution in [0, 0.1) is 0 Å². The van der Waals surface area contributed by atoms with Gasteiger partial charge in [-0.2, -0.15) is 0 Å². The highest BCUT2D eigenvalue weighted by Gasteiger charge is 2.19. The van der Waals surface area contributed by atoms with Gasteiger partial charge in [-0.3, -0.25) is 0 Å². The molecule has 0 aliphatic rings. The zero-order valence-corrected chi connectivity index (χ0v) is 6.99. The first kappa shape index (κ1) is 11.0. The quantitative estimate of drug-likeness (QED) is 0.284. The highest BCUT2D eigenvalue weighted by Crippen LogP contribution is 2.21. The van der Waals surface area contributed by atoms with Crippen LogP contribution in [0.5, 0.6) is 0 Å². The average Bonchev–Trinajstić information content (AvgIpc) is 1.97. The van der Waals surface area contributed by atoms with Crippen molar-refractivity contribution in [2.45, 2.75) is 0 Å². The minimum absolute atomic E-state index is 0.237. The molecule has 0 aromatic rings. The lowest BCUT2D eigenvalue weighted by Crippen LogP contribution is -1.99. The summed E-state index contributed by atoms with van der Waals surface area (Å²) >= 11 is 0. The molecule has 0 radical (unpaired) electrons. The fourth-order valence-corrected chi connectivity index (χ4v) is 0.742. The van der Waals surface area contributed by atoms with E-state index in [1.807, 2.05) is 0 Å². The van der Waals surface area contributed by atoms with Crippen molar-refractivity contribution >= 4 is 16.5 Å². The van der Waals surface area contributed by atoms with Gasteiger partial charge in [0.05, 0.1) is 4.67 Å². The second-order valence-corrected chi connectivity index (χ2v) is 2.77. The van der Waals surface area contributed by atoms with Crippen molar-refractivity contribution in [3.63, 3.8) is 0 Å². The lowest BCUT2D eigenvalue weighted by molar-refractivity contribution is -0.186. The Labute approximate surface area is 63.7 Å². The van der Waals surface area contributed by atoms with Gasteiger partial charge in [-0.1, -0.05) is 0 Å². The highest BCUT2D eigenvalue weighted by molar-refractivity contribution is 7.33. The van der Waals surface area contributed by atoms with Crippen LogP contribution in [0.15, 0.2) is 0 Å².